The first-order valence-corrected chi connectivity index (χ1v) is 5.58. The molecule has 15 heavy (non-hydrogen) atoms. The molecule has 0 aromatic heterocycles. The van der Waals surface area contributed by atoms with E-state index in [9.17, 15) is 8.78 Å². The predicted octanol–water partition coefficient (Wildman–Crippen LogP) is 1.79. The predicted molar refractivity (Wildman–Crippen MR) is 55.9 cm³/mol. The summed E-state index contributed by atoms with van der Waals surface area (Å²) in [6.07, 6.45) is -0.000173. The molecule has 0 N–H and O–H groups in total. The third-order valence-corrected chi connectivity index (χ3v) is 3.45. The molecule has 0 aromatic carbocycles. The minimum Gasteiger partial charge on any atom is -0.372 e. The van der Waals surface area contributed by atoms with Gasteiger partial charge in [-0.25, -0.2) is 8.78 Å². The molecule has 86 valence electrons. The van der Waals surface area contributed by atoms with E-state index in [-0.39, 0.29) is 6.42 Å². The van der Waals surface area contributed by atoms with E-state index in [0.29, 0.717) is 5.70 Å². The molecule has 2 aliphatic rings. The Morgan fingerprint density at radius 1 is 1.33 bits per heavy atom. The maximum absolute atomic E-state index is 12.8. The maximum Gasteiger partial charge on any atom is 0.257 e. The number of hydrogen-bond donors (Lipinski definition) is 0. The highest BCUT2D eigenvalue weighted by Gasteiger charge is 2.59. The summed E-state index contributed by atoms with van der Waals surface area (Å²) < 4.78 is 25.7. The van der Waals surface area contributed by atoms with Crippen molar-refractivity contribution in [2.75, 3.05) is 32.7 Å². The van der Waals surface area contributed by atoms with E-state index in [2.05, 4.69) is 18.4 Å². The average Bonchev–Trinajstić information content (AvgIpc) is 2.87. The lowest BCUT2D eigenvalue weighted by Crippen LogP contribution is -2.45. The molecule has 2 nitrogen and oxygen atoms in total. The number of likely N-dealkylation sites (N-methyl/N-ethyl adjacent to an activating group) is 1. The molecule has 0 spiro atoms. The molecule has 1 aliphatic heterocycles. The van der Waals surface area contributed by atoms with E-state index in [1.54, 1.807) is 0 Å². The molecule has 1 heterocycles. The van der Waals surface area contributed by atoms with Gasteiger partial charge in [-0.2, -0.15) is 0 Å². The van der Waals surface area contributed by atoms with Crippen LogP contribution in [-0.4, -0.2) is 48.4 Å². The third kappa shape index (κ3) is 2.14. The van der Waals surface area contributed by atoms with E-state index < -0.39 is 11.8 Å². The van der Waals surface area contributed by atoms with Crippen molar-refractivity contribution < 1.29 is 8.78 Å². The zero-order chi connectivity index (χ0) is 11.1. The van der Waals surface area contributed by atoms with Crippen molar-refractivity contribution in [3.05, 3.63) is 12.3 Å². The molecule has 1 atom stereocenters. The monoisotopic (exact) mass is 216 g/mol. The van der Waals surface area contributed by atoms with Crippen molar-refractivity contribution in [2.45, 2.75) is 19.3 Å². The van der Waals surface area contributed by atoms with Gasteiger partial charge in [0.2, 0.25) is 0 Å². The molecule has 2 fully saturated rings. The van der Waals surface area contributed by atoms with Crippen LogP contribution in [0.25, 0.3) is 0 Å². The molecule has 0 bridgehead atoms. The largest absolute Gasteiger partial charge is 0.372 e. The van der Waals surface area contributed by atoms with Gasteiger partial charge in [-0.3, -0.25) is 0 Å². The van der Waals surface area contributed by atoms with Gasteiger partial charge in [-0.05, 0) is 6.54 Å². The normalized spacial score (nSPS) is 30.3. The molecular formula is C11H18F2N2. The van der Waals surface area contributed by atoms with Crippen LogP contribution in [0, 0.1) is 5.92 Å². The standard InChI is InChI=1S/C11H18F2N2/c1-3-14-4-6-15(7-5-14)9(2)10-8-11(10,12)13/h10H,2-8H2,1H3. The lowest BCUT2D eigenvalue weighted by atomic mass is 10.2. The van der Waals surface area contributed by atoms with Gasteiger partial charge in [0.1, 0.15) is 0 Å². The summed E-state index contributed by atoms with van der Waals surface area (Å²) >= 11 is 0. The van der Waals surface area contributed by atoms with Gasteiger partial charge in [-0.1, -0.05) is 13.5 Å². The highest BCUT2D eigenvalue weighted by molar-refractivity contribution is 5.16. The SMILES string of the molecule is C=C(C1CC1(F)F)N1CCN(CC)CC1. The second-order valence-electron chi connectivity index (χ2n) is 4.43. The summed E-state index contributed by atoms with van der Waals surface area (Å²) in [6.45, 7) is 10.6. The smallest absolute Gasteiger partial charge is 0.257 e. The Morgan fingerprint density at radius 2 is 1.87 bits per heavy atom. The molecule has 1 aliphatic carbocycles. The minimum absolute atomic E-state index is 0.000173. The Hall–Kier alpha value is -0.640. The third-order valence-electron chi connectivity index (χ3n) is 3.45. The first kappa shape index (κ1) is 10.9. The molecule has 0 radical (unpaired) electrons. The Bertz CT molecular complexity index is 257. The van der Waals surface area contributed by atoms with Crippen molar-refractivity contribution in [1.82, 2.24) is 9.80 Å². The number of rotatable bonds is 3. The van der Waals surface area contributed by atoms with Crippen LogP contribution >= 0.6 is 0 Å². The highest BCUT2D eigenvalue weighted by atomic mass is 19.3. The van der Waals surface area contributed by atoms with Gasteiger partial charge in [0.25, 0.3) is 5.92 Å². The fourth-order valence-electron chi connectivity index (χ4n) is 2.15. The number of allylic oxidation sites excluding steroid dienone is 1. The van der Waals surface area contributed by atoms with Crippen molar-refractivity contribution in [2.24, 2.45) is 5.92 Å². The van der Waals surface area contributed by atoms with Crippen LogP contribution in [0.4, 0.5) is 8.78 Å². The first-order valence-electron chi connectivity index (χ1n) is 5.58. The Labute approximate surface area is 89.5 Å². The summed E-state index contributed by atoms with van der Waals surface area (Å²) in [4.78, 5) is 4.35. The number of hydrogen-bond acceptors (Lipinski definition) is 2. The molecule has 1 unspecified atom stereocenters. The fraction of sp³-hybridized carbons (Fsp3) is 0.818. The Balaban J connectivity index is 1.84. The summed E-state index contributed by atoms with van der Waals surface area (Å²) in [6, 6.07) is 0. The molecule has 2 rings (SSSR count). The molecule has 0 amide bonds. The first-order chi connectivity index (χ1) is 7.04. The van der Waals surface area contributed by atoms with E-state index in [0.717, 1.165) is 32.7 Å². The Kier molecular flexibility index (Phi) is 2.71. The van der Waals surface area contributed by atoms with Crippen LogP contribution in [-0.2, 0) is 0 Å². The van der Waals surface area contributed by atoms with Crippen molar-refractivity contribution in [3.8, 4) is 0 Å². The fourth-order valence-corrected chi connectivity index (χ4v) is 2.15. The molecule has 1 saturated heterocycles. The molecule has 1 saturated carbocycles. The second-order valence-corrected chi connectivity index (χ2v) is 4.43. The molecular weight excluding hydrogens is 198 g/mol. The number of piperazine rings is 1. The van der Waals surface area contributed by atoms with Gasteiger partial charge in [0, 0.05) is 38.3 Å². The number of nitrogens with zero attached hydrogens (tertiary/aromatic N) is 2. The van der Waals surface area contributed by atoms with Crippen molar-refractivity contribution in [1.29, 1.82) is 0 Å². The summed E-state index contributed by atoms with van der Waals surface area (Å²) in [5.41, 5.74) is 0.649. The van der Waals surface area contributed by atoms with Gasteiger partial charge in [0.15, 0.2) is 0 Å². The van der Waals surface area contributed by atoms with Crippen LogP contribution in [0.15, 0.2) is 12.3 Å². The van der Waals surface area contributed by atoms with E-state index >= 15 is 0 Å². The van der Waals surface area contributed by atoms with Crippen LogP contribution in [0.5, 0.6) is 0 Å². The van der Waals surface area contributed by atoms with E-state index in [1.165, 1.54) is 0 Å². The van der Waals surface area contributed by atoms with Crippen LogP contribution < -0.4 is 0 Å². The zero-order valence-electron chi connectivity index (χ0n) is 9.18. The highest BCUT2D eigenvalue weighted by Crippen LogP contribution is 2.53. The minimum atomic E-state index is -2.47. The quantitative estimate of drug-likeness (QED) is 0.709. The van der Waals surface area contributed by atoms with E-state index in [1.807, 2.05) is 4.90 Å². The van der Waals surface area contributed by atoms with Crippen molar-refractivity contribution in [3.63, 3.8) is 0 Å². The Morgan fingerprint density at radius 3 is 2.27 bits per heavy atom. The molecule has 4 heteroatoms. The molecule has 0 aromatic rings. The van der Waals surface area contributed by atoms with Gasteiger partial charge < -0.3 is 9.80 Å². The second kappa shape index (κ2) is 3.74. The van der Waals surface area contributed by atoms with Crippen molar-refractivity contribution >= 4 is 0 Å². The maximum atomic E-state index is 12.8. The number of alkyl halides is 2. The average molecular weight is 216 g/mol. The van der Waals surface area contributed by atoms with Crippen LogP contribution in [0.1, 0.15) is 13.3 Å². The number of halogens is 2. The summed E-state index contributed by atoms with van der Waals surface area (Å²) in [7, 11) is 0. The lowest BCUT2D eigenvalue weighted by Gasteiger charge is -2.36. The summed E-state index contributed by atoms with van der Waals surface area (Å²) in [5.74, 6) is -3.05. The topological polar surface area (TPSA) is 6.48 Å². The van der Waals surface area contributed by atoms with Gasteiger partial charge in [0.05, 0.1) is 5.92 Å². The van der Waals surface area contributed by atoms with Gasteiger partial charge >= 0.3 is 0 Å². The van der Waals surface area contributed by atoms with Crippen LogP contribution in [0.2, 0.25) is 0 Å². The van der Waals surface area contributed by atoms with Gasteiger partial charge in [-0.15, -0.1) is 0 Å². The lowest BCUT2D eigenvalue weighted by molar-refractivity contribution is 0.0925. The van der Waals surface area contributed by atoms with Crippen LogP contribution in [0.3, 0.4) is 0 Å². The van der Waals surface area contributed by atoms with E-state index in [4.69, 9.17) is 0 Å². The summed E-state index contributed by atoms with van der Waals surface area (Å²) in [5, 5.41) is 0. The zero-order valence-corrected chi connectivity index (χ0v) is 9.18.